The number of carbonyl (C=O) groups is 1. The van der Waals surface area contributed by atoms with E-state index in [1.54, 1.807) is 7.11 Å². The van der Waals surface area contributed by atoms with Crippen LogP contribution in [-0.2, 0) is 16.1 Å². The third-order valence-electron chi connectivity index (χ3n) is 3.53. The molecule has 7 heteroatoms. The monoisotopic (exact) mass is 331 g/mol. The number of hydrogen-bond donors (Lipinski definition) is 1. The number of ether oxygens (including phenoxy) is 1. The Balaban J connectivity index is 1.62. The molecule has 1 aromatic heterocycles. The number of piperazine rings is 1. The molecular weight excluding hydrogens is 310 g/mol. The smallest absolute Gasteiger partial charge is 0.234 e. The van der Waals surface area contributed by atoms with Gasteiger partial charge in [0, 0.05) is 44.7 Å². The summed E-state index contributed by atoms with van der Waals surface area (Å²) in [4.78, 5) is 17.6. The lowest BCUT2D eigenvalue weighted by molar-refractivity contribution is -0.122. The van der Waals surface area contributed by atoms with Crippen LogP contribution in [0.25, 0.3) is 0 Å². The molecule has 5 nitrogen and oxygen atoms in total. The second-order valence-corrected chi connectivity index (χ2v) is 6.89. The molecule has 1 fully saturated rings. The molecule has 21 heavy (non-hydrogen) atoms. The van der Waals surface area contributed by atoms with Crippen LogP contribution in [0, 0.1) is 0 Å². The maximum Gasteiger partial charge on any atom is 0.234 e. The highest BCUT2D eigenvalue weighted by Gasteiger charge is 2.18. The number of nitrogens with one attached hydrogen (secondary N) is 1. The van der Waals surface area contributed by atoms with Gasteiger partial charge in [-0.15, -0.1) is 11.3 Å². The molecule has 2 rings (SSSR count). The summed E-state index contributed by atoms with van der Waals surface area (Å²) >= 11 is 7.37. The van der Waals surface area contributed by atoms with Crippen molar-refractivity contribution < 1.29 is 9.53 Å². The van der Waals surface area contributed by atoms with Gasteiger partial charge in [-0.1, -0.05) is 11.6 Å². The van der Waals surface area contributed by atoms with E-state index in [-0.39, 0.29) is 5.91 Å². The van der Waals surface area contributed by atoms with E-state index in [1.165, 1.54) is 11.3 Å². The number of nitrogens with zero attached hydrogens (tertiary/aromatic N) is 2. The number of rotatable bonds is 7. The highest BCUT2D eigenvalue weighted by molar-refractivity contribution is 7.16. The maximum absolute atomic E-state index is 11.9. The van der Waals surface area contributed by atoms with Crippen molar-refractivity contribution in [1.29, 1.82) is 0 Å². The fourth-order valence-corrected chi connectivity index (χ4v) is 3.31. The van der Waals surface area contributed by atoms with Gasteiger partial charge in [0.25, 0.3) is 0 Å². The first-order valence-electron chi connectivity index (χ1n) is 7.12. The minimum Gasteiger partial charge on any atom is -0.383 e. The molecule has 0 saturated carbocycles. The van der Waals surface area contributed by atoms with Crippen molar-refractivity contribution >= 4 is 28.8 Å². The van der Waals surface area contributed by atoms with Crippen molar-refractivity contribution in [3.63, 3.8) is 0 Å². The average Bonchev–Trinajstić information content (AvgIpc) is 2.90. The summed E-state index contributed by atoms with van der Waals surface area (Å²) in [6, 6.07) is 3.80. The Labute approximate surface area is 134 Å². The van der Waals surface area contributed by atoms with Gasteiger partial charge in [-0.3, -0.25) is 14.6 Å². The zero-order valence-electron chi connectivity index (χ0n) is 12.3. The van der Waals surface area contributed by atoms with Crippen LogP contribution in [0.15, 0.2) is 12.1 Å². The molecule has 0 aliphatic carbocycles. The SMILES string of the molecule is COCCN1CCN(CC(=O)NCc2ccc(Cl)s2)CC1. The topological polar surface area (TPSA) is 44.8 Å². The number of methoxy groups -OCH3 is 1. The second-order valence-electron chi connectivity index (χ2n) is 5.09. The molecule has 0 spiro atoms. The van der Waals surface area contributed by atoms with Crippen molar-refractivity contribution in [2.75, 3.05) is 53.0 Å². The minimum atomic E-state index is 0.0739. The van der Waals surface area contributed by atoms with Crippen LogP contribution in [0.5, 0.6) is 0 Å². The van der Waals surface area contributed by atoms with E-state index in [9.17, 15) is 4.79 Å². The number of carbonyl (C=O) groups excluding carboxylic acids is 1. The van der Waals surface area contributed by atoms with Gasteiger partial charge >= 0.3 is 0 Å². The summed E-state index contributed by atoms with van der Waals surface area (Å²) in [6.45, 7) is 6.62. The predicted octanol–water partition coefficient (Wildman–Crippen LogP) is 1.28. The van der Waals surface area contributed by atoms with Crippen molar-refractivity contribution in [3.05, 3.63) is 21.3 Å². The second kappa shape index (κ2) is 8.70. The molecule has 0 aromatic carbocycles. The van der Waals surface area contributed by atoms with Crippen molar-refractivity contribution in [2.45, 2.75) is 6.54 Å². The third-order valence-corrected chi connectivity index (χ3v) is 4.76. The van der Waals surface area contributed by atoms with Crippen LogP contribution in [0.1, 0.15) is 4.88 Å². The fraction of sp³-hybridized carbons (Fsp3) is 0.643. The Morgan fingerprint density at radius 1 is 1.33 bits per heavy atom. The van der Waals surface area contributed by atoms with E-state index in [0.29, 0.717) is 13.1 Å². The van der Waals surface area contributed by atoms with Crippen LogP contribution in [-0.4, -0.2) is 68.7 Å². The molecule has 1 N–H and O–H groups in total. The minimum absolute atomic E-state index is 0.0739. The van der Waals surface area contributed by atoms with Gasteiger partial charge in [0.15, 0.2) is 0 Å². The van der Waals surface area contributed by atoms with E-state index in [0.717, 1.165) is 48.5 Å². The Kier molecular flexibility index (Phi) is 6.92. The van der Waals surface area contributed by atoms with Gasteiger partial charge in [0.2, 0.25) is 5.91 Å². The maximum atomic E-state index is 11.9. The van der Waals surface area contributed by atoms with E-state index in [1.807, 2.05) is 12.1 Å². The van der Waals surface area contributed by atoms with Crippen LogP contribution in [0.4, 0.5) is 0 Å². The number of halogens is 1. The van der Waals surface area contributed by atoms with Crippen LogP contribution >= 0.6 is 22.9 Å². The Bertz CT molecular complexity index is 447. The molecule has 1 aliphatic heterocycles. The molecule has 0 unspecified atom stereocenters. The first kappa shape index (κ1) is 16.7. The van der Waals surface area contributed by atoms with Gasteiger partial charge in [-0.05, 0) is 12.1 Å². The third kappa shape index (κ3) is 5.92. The highest BCUT2D eigenvalue weighted by atomic mass is 35.5. The quantitative estimate of drug-likeness (QED) is 0.817. The molecule has 0 radical (unpaired) electrons. The first-order chi connectivity index (χ1) is 10.2. The van der Waals surface area contributed by atoms with Crippen molar-refractivity contribution in [1.82, 2.24) is 15.1 Å². The summed E-state index contributed by atoms with van der Waals surface area (Å²) in [5, 5.41) is 2.94. The lowest BCUT2D eigenvalue weighted by Gasteiger charge is -2.34. The molecule has 0 bridgehead atoms. The molecular formula is C14H22ClN3O2S. The predicted molar refractivity (Wildman–Crippen MR) is 85.9 cm³/mol. The molecule has 1 aliphatic rings. The molecule has 1 aromatic rings. The van der Waals surface area contributed by atoms with Crippen molar-refractivity contribution in [3.8, 4) is 0 Å². The van der Waals surface area contributed by atoms with Crippen LogP contribution < -0.4 is 5.32 Å². The Morgan fingerprint density at radius 2 is 2.05 bits per heavy atom. The summed E-state index contributed by atoms with van der Waals surface area (Å²) in [6.07, 6.45) is 0. The summed E-state index contributed by atoms with van der Waals surface area (Å²) in [7, 11) is 1.72. The number of thiophene rings is 1. The summed E-state index contributed by atoms with van der Waals surface area (Å²) < 4.78 is 5.84. The van der Waals surface area contributed by atoms with E-state index in [2.05, 4.69) is 15.1 Å². The largest absolute Gasteiger partial charge is 0.383 e. The number of hydrogen-bond acceptors (Lipinski definition) is 5. The van der Waals surface area contributed by atoms with Crippen LogP contribution in [0.2, 0.25) is 4.34 Å². The lowest BCUT2D eigenvalue weighted by Crippen LogP contribution is -2.49. The molecule has 1 saturated heterocycles. The van der Waals surface area contributed by atoms with E-state index >= 15 is 0 Å². The molecule has 2 heterocycles. The van der Waals surface area contributed by atoms with Gasteiger partial charge in [0.1, 0.15) is 0 Å². The zero-order valence-corrected chi connectivity index (χ0v) is 13.9. The Morgan fingerprint density at radius 3 is 2.67 bits per heavy atom. The summed E-state index contributed by atoms with van der Waals surface area (Å²) in [5.41, 5.74) is 0. The van der Waals surface area contributed by atoms with E-state index in [4.69, 9.17) is 16.3 Å². The van der Waals surface area contributed by atoms with Crippen molar-refractivity contribution in [2.24, 2.45) is 0 Å². The summed E-state index contributed by atoms with van der Waals surface area (Å²) in [5.74, 6) is 0.0739. The van der Waals surface area contributed by atoms with Gasteiger partial charge in [-0.2, -0.15) is 0 Å². The van der Waals surface area contributed by atoms with Gasteiger partial charge < -0.3 is 10.1 Å². The van der Waals surface area contributed by atoms with Gasteiger partial charge in [-0.25, -0.2) is 0 Å². The van der Waals surface area contributed by atoms with Crippen LogP contribution in [0.3, 0.4) is 0 Å². The molecule has 1 amide bonds. The standard InChI is InChI=1S/C14H22ClN3O2S/c1-20-9-8-17-4-6-18(7-5-17)11-14(19)16-10-12-2-3-13(15)21-12/h2-3H,4-11H2,1H3,(H,16,19). The molecule has 0 atom stereocenters. The zero-order chi connectivity index (χ0) is 15.1. The Hall–Kier alpha value is -0.660. The highest BCUT2D eigenvalue weighted by Crippen LogP contribution is 2.20. The average molecular weight is 332 g/mol. The first-order valence-corrected chi connectivity index (χ1v) is 8.31. The lowest BCUT2D eigenvalue weighted by atomic mass is 10.3. The van der Waals surface area contributed by atoms with E-state index < -0.39 is 0 Å². The molecule has 118 valence electrons. The normalized spacial score (nSPS) is 17.0. The fourth-order valence-electron chi connectivity index (χ4n) is 2.28. The number of amides is 1. The van der Waals surface area contributed by atoms with Gasteiger partial charge in [0.05, 0.1) is 24.0 Å².